The van der Waals surface area contributed by atoms with Crippen molar-refractivity contribution in [2.45, 2.75) is 18.9 Å². The molecule has 4 heteroatoms. The molecule has 0 aliphatic carbocycles. The standard InChI is InChI=1S/C15H18FN3/c1-2-7-19-8-5-14(6-9-19)18-15-4-3-13(16)10-12(15)11-17/h2-4,10,14,18H,1,5-9H2. The van der Waals surface area contributed by atoms with Crippen LogP contribution in [0.3, 0.4) is 0 Å². The van der Waals surface area contributed by atoms with Gasteiger partial charge in [-0.2, -0.15) is 5.26 Å². The molecule has 1 aromatic rings. The van der Waals surface area contributed by atoms with E-state index in [0.717, 1.165) is 38.2 Å². The quantitative estimate of drug-likeness (QED) is 0.845. The molecule has 1 aliphatic rings. The van der Waals surface area contributed by atoms with E-state index < -0.39 is 0 Å². The molecule has 1 saturated heterocycles. The van der Waals surface area contributed by atoms with Gasteiger partial charge in [0, 0.05) is 25.7 Å². The van der Waals surface area contributed by atoms with Gasteiger partial charge in [-0.3, -0.25) is 4.90 Å². The molecule has 1 aliphatic heterocycles. The largest absolute Gasteiger partial charge is 0.381 e. The lowest BCUT2D eigenvalue weighted by Gasteiger charge is -2.32. The highest BCUT2D eigenvalue weighted by molar-refractivity contribution is 5.57. The Balaban J connectivity index is 1.96. The van der Waals surface area contributed by atoms with Gasteiger partial charge in [-0.25, -0.2) is 4.39 Å². The van der Waals surface area contributed by atoms with Crippen molar-refractivity contribution in [2.75, 3.05) is 25.0 Å². The Morgan fingerprint density at radius 1 is 1.47 bits per heavy atom. The lowest BCUT2D eigenvalue weighted by atomic mass is 10.0. The summed E-state index contributed by atoms with van der Waals surface area (Å²) in [7, 11) is 0. The monoisotopic (exact) mass is 259 g/mol. The van der Waals surface area contributed by atoms with Crippen LogP contribution in [0, 0.1) is 17.1 Å². The zero-order valence-corrected chi connectivity index (χ0v) is 10.9. The number of benzene rings is 1. The average molecular weight is 259 g/mol. The van der Waals surface area contributed by atoms with E-state index in [2.05, 4.69) is 16.8 Å². The molecule has 0 atom stereocenters. The molecule has 0 unspecified atom stereocenters. The average Bonchev–Trinajstić information content (AvgIpc) is 2.43. The highest BCUT2D eigenvalue weighted by Gasteiger charge is 2.18. The molecule has 0 spiro atoms. The second kappa shape index (κ2) is 6.35. The van der Waals surface area contributed by atoms with Gasteiger partial charge in [-0.1, -0.05) is 6.08 Å². The molecule has 1 fully saturated rings. The molecule has 3 nitrogen and oxygen atoms in total. The summed E-state index contributed by atoms with van der Waals surface area (Å²) in [4.78, 5) is 2.35. The van der Waals surface area contributed by atoms with Crippen LogP contribution in [-0.4, -0.2) is 30.6 Å². The first kappa shape index (κ1) is 13.6. The molecule has 0 radical (unpaired) electrons. The number of nitriles is 1. The first-order chi connectivity index (χ1) is 9.22. The first-order valence-corrected chi connectivity index (χ1v) is 6.52. The summed E-state index contributed by atoms with van der Waals surface area (Å²) in [5, 5.41) is 12.4. The maximum Gasteiger partial charge on any atom is 0.124 e. The van der Waals surface area contributed by atoms with Gasteiger partial charge in [0.15, 0.2) is 0 Å². The summed E-state index contributed by atoms with van der Waals surface area (Å²) >= 11 is 0. The predicted octanol–water partition coefficient (Wildman–Crippen LogP) is 2.76. The van der Waals surface area contributed by atoms with Gasteiger partial charge in [0.1, 0.15) is 11.9 Å². The molecule has 0 aromatic heterocycles. The number of anilines is 1. The number of halogens is 1. The zero-order valence-electron chi connectivity index (χ0n) is 10.9. The van der Waals surface area contributed by atoms with E-state index in [1.165, 1.54) is 12.1 Å². The van der Waals surface area contributed by atoms with Gasteiger partial charge in [-0.05, 0) is 31.0 Å². The Hall–Kier alpha value is -1.86. The fourth-order valence-electron chi connectivity index (χ4n) is 2.40. The van der Waals surface area contributed by atoms with Gasteiger partial charge < -0.3 is 5.32 Å². The number of rotatable bonds is 4. The fraction of sp³-hybridized carbons (Fsp3) is 0.400. The molecule has 2 rings (SSSR count). The highest BCUT2D eigenvalue weighted by Crippen LogP contribution is 2.20. The first-order valence-electron chi connectivity index (χ1n) is 6.52. The maximum atomic E-state index is 13.1. The summed E-state index contributed by atoms with van der Waals surface area (Å²) in [5.41, 5.74) is 1.10. The minimum Gasteiger partial charge on any atom is -0.381 e. The van der Waals surface area contributed by atoms with Gasteiger partial charge >= 0.3 is 0 Å². The van der Waals surface area contributed by atoms with E-state index in [0.29, 0.717) is 11.6 Å². The summed E-state index contributed by atoms with van der Waals surface area (Å²) in [6.07, 6.45) is 3.97. The van der Waals surface area contributed by atoms with Crippen LogP contribution < -0.4 is 5.32 Å². The Kier molecular flexibility index (Phi) is 4.53. The van der Waals surface area contributed by atoms with E-state index in [4.69, 9.17) is 5.26 Å². The molecule has 0 bridgehead atoms. The third-order valence-corrected chi connectivity index (χ3v) is 3.44. The van der Waals surface area contributed by atoms with E-state index >= 15 is 0 Å². The van der Waals surface area contributed by atoms with Crippen LogP contribution in [0.4, 0.5) is 10.1 Å². The van der Waals surface area contributed by atoms with Gasteiger partial charge in [0.2, 0.25) is 0 Å². The number of nitrogens with one attached hydrogen (secondary N) is 1. The molecule has 1 heterocycles. The van der Waals surface area contributed by atoms with Crippen LogP contribution in [-0.2, 0) is 0 Å². The van der Waals surface area contributed by atoms with Crippen LogP contribution >= 0.6 is 0 Å². The zero-order chi connectivity index (χ0) is 13.7. The van der Waals surface area contributed by atoms with Crippen molar-refractivity contribution in [3.63, 3.8) is 0 Å². The molecule has 0 saturated carbocycles. The predicted molar refractivity (Wildman–Crippen MR) is 74.4 cm³/mol. The summed E-state index contributed by atoms with van der Waals surface area (Å²) < 4.78 is 13.1. The van der Waals surface area contributed by atoms with Crippen LogP contribution in [0.2, 0.25) is 0 Å². The molecule has 1 N–H and O–H groups in total. The second-order valence-corrected chi connectivity index (χ2v) is 4.81. The van der Waals surface area contributed by atoms with E-state index in [-0.39, 0.29) is 5.82 Å². The van der Waals surface area contributed by atoms with Crippen LogP contribution in [0.1, 0.15) is 18.4 Å². The molecule has 1 aromatic carbocycles. The number of nitrogens with zero attached hydrogens (tertiary/aromatic N) is 2. The fourth-order valence-corrected chi connectivity index (χ4v) is 2.40. The van der Waals surface area contributed by atoms with Gasteiger partial charge in [0.05, 0.1) is 11.3 Å². The normalized spacial score (nSPS) is 16.8. The second-order valence-electron chi connectivity index (χ2n) is 4.81. The van der Waals surface area contributed by atoms with Crippen molar-refractivity contribution in [1.82, 2.24) is 4.90 Å². The van der Waals surface area contributed by atoms with E-state index in [9.17, 15) is 4.39 Å². The number of hydrogen-bond donors (Lipinski definition) is 1. The molecule has 100 valence electrons. The van der Waals surface area contributed by atoms with Crippen LogP contribution in [0.15, 0.2) is 30.9 Å². The smallest absolute Gasteiger partial charge is 0.124 e. The lowest BCUT2D eigenvalue weighted by molar-refractivity contribution is 0.240. The van der Waals surface area contributed by atoms with Crippen molar-refractivity contribution in [3.8, 4) is 6.07 Å². The van der Waals surface area contributed by atoms with E-state index in [1.807, 2.05) is 12.1 Å². The van der Waals surface area contributed by atoms with Crippen LogP contribution in [0.5, 0.6) is 0 Å². The van der Waals surface area contributed by atoms with Crippen molar-refractivity contribution < 1.29 is 4.39 Å². The minimum atomic E-state index is -0.372. The number of piperidine rings is 1. The van der Waals surface area contributed by atoms with Crippen molar-refractivity contribution in [2.24, 2.45) is 0 Å². The Labute approximate surface area is 113 Å². The Morgan fingerprint density at radius 2 is 2.21 bits per heavy atom. The third kappa shape index (κ3) is 3.55. The maximum absolute atomic E-state index is 13.1. The number of hydrogen-bond acceptors (Lipinski definition) is 3. The highest BCUT2D eigenvalue weighted by atomic mass is 19.1. The minimum absolute atomic E-state index is 0.346. The Bertz CT molecular complexity index is 485. The van der Waals surface area contributed by atoms with Crippen LogP contribution in [0.25, 0.3) is 0 Å². The molecular formula is C15H18FN3. The molecule has 19 heavy (non-hydrogen) atoms. The number of likely N-dealkylation sites (tertiary alicyclic amines) is 1. The summed E-state index contributed by atoms with van der Waals surface area (Å²) in [5.74, 6) is -0.372. The lowest BCUT2D eigenvalue weighted by Crippen LogP contribution is -2.39. The summed E-state index contributed by atoms with van der Waals surface area (Å²) in [6.45, 7) is 6.71. The summed E-state index contributed by atoms with van der Waals surface area (Å²) in [6, 6.07) is 6.68. The van der Waals surface area contributed by atoms with Gasteiger partial charge in [0.25, 0.3) is 0 Å². The van der Waals surface area contributed by atoms with Gasteiger partial charge in [-0.15, -0.1) is 6.58 Å². The third-order valence-electron chi connectivity index (χ3n) is 3.44. The molecular weight excluding hydrogens is 241 g/mol. The van der Waals surface area contributed by atoms with Crippen molar-refractivity contribution >= 4 is 5.69 Å². The SMILES string of the molecule is C=CCN1CCC(Nc2ccc(F)cc2C#N)CC1. The van der Waals surface area contributed by atoms with Crippen molar-refractivity contribution in [3.05, 3.63) is 42.2 Å². The van der Waals surface area contributed by atoms with Crippen molar-refractivity contribution in [1.29, 1.82) is 5.26 Å². The van der Waals surface area contributed by atoms with E-state index in [1.54, 1.807) is 6.07 Å². The molecule has 0 amide bonds. The topological polar surface area (TPSA) is 39.1 Å². The Morgan fingerprint density at radius 3 is 2.84 bits per heavy atom.